The highest BCUT2D eigenvalue weighted by Gasteiger charge is 2.35. The molecule has 1 heterocycles. The number of methoxy groups -OCH3 is 2. The zero-order valence-corrected chi connectivity index (χ0v) is 18.9. The van der Waals surface area contributed by atoms with Gasteiger partial charge in [-0.3, -0.25) is 9.59 Å². The largest absolute Gasteiger partial charge is 0.497 e. The van der Waals surface area contributed by atoms with Crippen molar-refractivity contribution in [2.75, 3.05) is 27.3 Å². The lowest BCUT2D eigenvalue weighted by Crippen LogP contribution is -2.46. The van der Waals surface area contributed by atoms with Crippen LogP contribution >= 0.6 is 0 Å². The van der Waals surface area contributed by atoms with Crippen molar-refractivity contribution in [1.82, 2.24) is 14.9 Å². The first-order chi connectivity index (χ1) is 15.3. The molecule has 2 amide bonds. The van der Waals surface area contributed by atoms with Crippen LogP contribution < -0.4 is 20.1 Å². The maximum absolute atomic E-state index is 13.0. The van der Waals surface area contributed by atoms with Gasteiger partial charge in [0.25, 0.3) is 0 Å². The SMILES string of the molecule is COc1ccc(CNC(=O)C(=O)NC[C@H]2CCCN2S(=O)(=O)c2ccc(OC)cc2)cc1. The average Bonchev–Trinajstić information content (AvgIpc) is 3.31. The molecule has 0 aliphatic carbocycles. The minimum atomic E-state index is -3.72. The molecular formula is C22H27N3O6S. The first kappa shape index (κ1) is 23.6. The Morgan fingerprint density at radius 2 is 1.50 bits per heavy atom. The summed E-state index contributed by atoms with van der Waals surface area (Å²) in [5.41, 5.74) is 0.819. The Bertz CT molecular complexity index is 1040. The standard InChI is InChI=1S/C22H27N3O6S/c1-30-18-7-5-16(6-8-18)14-23-21(26)22(27)24-15-17-4-3-13-25(17)32(28,29)20-11-9-19(31-2)10-12-20/h5-12,17H,3-4,13-15H2,1-2H3,(H,23,26)(H,24,27)/t17-/m1/s1. The number of rotatable bonds is 8. The second kappa shape index (κ2) is 10.5. The molecular weight excluding hydrogens is 434 g/mol. The lowest BCUT2D eigenvalue weighted by molar-refractivity contribution is -0.139. The molecule has 0 unspecified atom stereocenters. The molecule has 1 aliphatic heterocycles. The van der Waals surface area contributed by atoms with Crippen LogP contribution in [0, 0.1) is 0 Å². The van der Waals surface area contributed by atoms with E-state index in [9.17, 15) is 18.0 Å². The van der Waals surface area contributed by atoms with Gasteiger partial charge in [0.1, 0.15) is 11.5 Å². The molecule has 172 valence electrons. The van der Waals surface area contributed by atoms with Crippen molar-refractivity contribution in [2.45, 2.75) is 30.3 Å². The molecule has 0 radical (unpaired) electrons. The predicted molar refractivity (Wildman–Crippen MR) is 118 cm³/mol. The number of carbonyl (C=O) groups is 2. The van der Waals surface area contributed by atoms with Crippen molar-refractivity contribution < 1.29 is 27.5 Å². The molecule has 2 N–H and O–H groups in total. The number of carbonyl (C=O) groups excluding carboxylic acids is 2. The Morgan fingerprint density at radius 3 is 2.09 bits per heavy atom. The molecule has 2 aromatic carbocycles. The lowest BCUT2D eigenvalue weighted by atomic mass is 10.2. The van der Waals surface area contributed by atoms with Gasteiger partial charge in [-0.1, -0.05) is 12.1 Å². The number of nitrogens with one attached hydrogen (secondary N) is 2. The smallest absolute Gasteiger partial charge is 0.309 e. The molecule has 1 atom stereocenters. The molecule has 0 aromatic heterocycles. The van der Waals surface area contributed by atoms with Crippen molar-refractivity contribution in [1.29, 1.82) is 0 Å². The van der Waals surface area contributed by atoms with E-state index in [-0.39, 0.29) is 18.0 Å². The van der Waals surface area contributed by atoms with E-state index in [0.717, 1.165) is 5.56 Å². The Morgan fingerprint density at radius 1 is 0.938 bits per heavy atom. The lowest BCUT2D eigenvalue weighted by Gasteiger charge is -2.24. The molecule has 10 heteroatoms. The van der Waals surface area contributed by atoms with Crippen molar-refractivity contribution >= 4 is 21.8 Å². The first-order valence-electron chi connectivity index (χ1n) is 10.2. The van der Waals surface area contributed by atoms with Crippen molar-refractivity contribution in [3.05, 3.63) is 54.1 Å². The fraction of sp³-hybridized carbons (Fsp3) is 0.364. The van der Waals surface area contributed by atoms with Crippen LogP contribution in [0.1, 0.15) is 18.4 Å². The highest BCUT2D eigenvalue weighted by Crippen LogP contribution is 2.26. The van der Waals surface area contributed by atoms with E-state index in [4.69, 9.17) is 9.47 Å². The van der Waals surface area contributed by atoms with Gasteiger partial charge in [-0.2, -0.15) is 4.31 Å². The zero-order chi connectivity index (χ0) is 23.1. The van der Waals surface area contributed by atoms with Gasteiger partial charge in [0, 0.05) is 25.7 Å². The summed E-state index contributed by atoms with van der Waals surface area (Å²) in [5, 5.41) is 5.11. The second-order valence-electron chi connectivity index (χ2n) is 7.33. The molecule has 9 nitrogen and oxygen atoms in total. The number of nitrogens with zero attached hydrogens (tertiary/aromatic N) is 1. The Labute approximate surface area is 187 Å². The van der Waals surface area contributed by atoms with E-state index < -0.39 is 27.9 Å². The van der Waals surface area contributed by atoms with E-state index in [2.05, 4.69) is 10.6 Å². The minimum Gasteiger partial charge on any atom is -0.497 e. The summed E-state index contributed by atoms with van der Waals surface area (Å²) in [6, 6.07) is 12.9. The quantitative estimate of drug-likeness (QED) is 0.573. The number of benzene rings is 2. The summed E-state index contributed by atoms with van der Waals surface area (Å²) in [7, 11) is -0.643. The van der Waals surface area contributed by atoms with Crippen LogP contribution in [0.4, 0.5) is 0 Å². The van der Waals surface area contributed by atoms with Crippen molar-refractivity contribution in [2.24, 2.45) is 0 Å². The number of ether oxygens (including phenoxy) is 2. The Kier molecular flexibility index (Phi) is 7.70. The number of amides is 2. The van der Waals surface area contributed by atoms with Crippen molar-refractivity contribution in [3.63, 3.8) is 0 Å². The first-order valence-corrected chi connectivity index (χ1v) is 11.6. The van der Waals surface area contributed by atoms with Crippen LogP contribution in [0.25, 0.3) is 0 Å². The summed E-state index contributed by atoms with van der Waals surface area (Å²) in [5.74, 6) is -0.311. The summed E-state index contributed by atoms with van der Waals surface area (Å²) in [6.45, 7) is 0.611. The molecule has 1 saturated heterocycles. The van der Waals surface area contributed by atoms with Gasteiger partial charge >= 0.3 is 11.8 Å². The maximum atomic E-state index is 13.0. The topological polar surface area (TPSA) is 114 Å². The fourth-order valence-electron chi connectivity index (χ4n) is 3.51. The summed E-state index contributed by atoms with van der Waals surface area (Å²) < 4.78 is 37.6. The van der Waals surface area contributed by atoms with E-state index >= 15 is 0 Å². The zero-order valence-electron chi connectivity index (χ0n) is 18.0. The molecule has 0 bridgehead atoms. The Balaban J connectivity index is 1.54. The van der Waals surface area contributed by atoms with E-state index in [1.165, 1.54) is 23.5 Å². The van der Waals surface area contributed by atoms with Gasteiger partial charge in [-0.05, 0) is 54.8 Å². The van der Waals surface area contributed by atoms with Gasteiger partial charge in [0.15, 0.2) is 0 Å². The summed E-state index contributed by atoms with van der Waals surface area (Å²) >= 11 is 0. The second-order valence-corrected chi connectivity index (χ2v) is 9.22. The predicted octanol–water partition coefficient (Wildman–Crippen LogP) is 1.29. The average molecular weight is 462 g/mol. The minimum absolute atomic E-state index is 0.0597. The Hall–Kier alpha value is -3.11. The molecule has 1 aliphatic rings. The van der Waals surface area contributed by atoms with Gasteiger partial charge in [0.05, 0.1) is 19.1 Å². The van der Waals surface area contributed by atoms with Gasteiger partial charge in [0.2, 0.25) is 10.0 Å². The van der Waals surface area contributed by atoms with Crippen LogP contribution in [0.2, 0.25) is 0 Å². The van der Waals surface area contributed by atoms with Crippen LogP contribution in [0.15, 0.2) is 53.4 Å². The third-order valence-electron chi connectivity index (χ3n) is 5.31. The van der Waals surface area contributed by atoms with Crippen molar-refractivity contribution in [3.8, 4) is 11.5 Å². The van der Waals surface area contributed by atoms with Gasteiger partial charge in [-0.25, -0.2) is 8.42 Å². The highest BCUT2D eigenvalue weighted by molar-refractivity contribution is 7.89. The third-order valence-corrected chi connectivity index (χ3v) is 7.27. The van der Waals surface area contributed by atoms with E-state index in [0.29, 0.717) is 30.9 Å². The molecule has 2 aromatic rings. The maximum Gasteiger partial charge on any atom is 0.309 e. The molecule has 0 spiro atoms. The molecule has 1 fully saturated rings. The molecule has 32 heavy (non-hydrogen) atoms. The number of sulfonamides is 1. The summed E-state index contributed by atoms with van der Waals surface area (Å²) in [6.07, 6.45) is 1.28. The third kappa shape index (κ3) is 5.57. The molecule has 3 rings (SSSR count). The summed E-state index contributed by atoms with van der Waals surface area (Å²) in [4.78, 5) is 24.5. The van der Waals surface area contributed by atoms with Crippen LogP contribution in [-0.2, 0) is 26.2 Å². The normalized spacial score (nSPS) is 16.4. The van der Waals surface area contributed by atoms with E-state index in [1.54, 1.807) is 43.5 Å². The fourth-order valence-corrected chi connectivity index (χ4v) is 5.20. The van der Waals surface area contributed by atoms with E-state index in [1.807, 2.05) is 0 Å². The van der Waals surface area contributed by atoms with Crippen LogP contribution in [-0.4, -0.2) is 57.9 Å². The number of hydrogen-bond acceptors (Lipinski definition) is 6. The van der Waals surface area contributed by atoms with Crippen LogP contribution in [0.3, 0.4) is 0 Å². The highest BCUT2D eigenvalue weighted by atomic mass is 32.2. The van der Waals surface area contributed by atoms with Gasteiger partial charge in [-0.15, -0.1) is 0 Å². The molecule has 0 saturated carbocycles. The van der Waals surface area contributed by atoms with Crippen LogP contribution in [0.5, 0.6) is 11.5 Å². The monoisotopic (exact) mass is 461 g/mol. The van der Waals surface area contributed by atoms with Gasteiger partial charge < -0.3 is 20.1 Å². The number of hydrogen-bond donors (Lipinski definition) is 2.